The molecular formula is C15H11ClF3IN2O. The third-order valence-corrected chi connectivity index (χ3v) is 5.04. The molecule has 0 amide bonds. The molecule has 1 aromatic heterocycles. The molecule has 1 heterocycles. The van der Waals surface area contributed by atoms with Gasteiger partial charge in [-0.3, -0.25) is 4.79 Å². The van der Waals surface area contributed by atoms with Crippen molar-refractivity contribution >= 4 is 40.1 Å². The summed E-state index contributed by atoms with van der Waals surface area (Å²) in [4.78, 5) is 12.7. The number of benzene rings is 1. The summed E-state index contributed by atoms with van der Waals surface area (Å²) in [5.74, 6) is -0.830. The molecule has 0 aliphatic heterocycles. The minimum atomic E-state index is -4.66. The van der Waals surface area contributed by atoms with Gasteiger partial charge in [0, 0.05) is 5.56 Å². The molecule has 0 bridgehead atoms. The Hall–Kier alpha value is -1.09. The van der Waals surface area contributed by atoms with Gasteiger partial charge in [-0.1, -0.05) is 17.7 Å². The molecule has 0 saturated heterocycles. The van der Waals surface area contributed by atoms with Gasteiger partial charge in [-0.15, -0.1) is 0 Å². The number of hydrogen-bond donors (Lipinski definition) is 0. The molecule has 8 heteroatoms. The molecule has 1 aliphatic rings. The third-order valence-electron chi connectivity index (χ3n) is 3.86. The quantitative estimate of drug-likeness (QED) is 0.584. The summed E-state index contributed by atoms with van der Waals surface area (Å²) in [6.07, 6.45) is -1.37. The van der Waals surface area contributed by atoms with E-state index in [1.165, 1.54) is 12.1 Å². The van der Waals surface area contributed by atoms with Crippen molar-refractivity contribution in [3.05, 3.63) is 49.3 Å². The van der Waals surface area contributed by atoms with Crippen molar-refractivity contribution in [3.8, 4) is 0 Å². The number of aromatic nitrogens is 2. The van der Waals surface area contributed by atoms with E-state index in [1.807, 2.05) is 22.6 Å². The second-order valence-corrected chi connectivity index (χ2v) is 6.73. The van der Waals surface area contributed by atoms with Gasteiger partial charge < -0.3 is 0 Å². The first-order valence-electron chi connectivity index (χ1n) is 6.97. The molecule has 0 N–H and O–H groups in total. The van der Waals surface area contributed by atoms with Crippen LogP contribution in [0.15, 0.2) is 18.2 Å². The number of carbonyl (C=O) groups excluding carboxylic acids is 1. The topological polar surface area (TPSA) is 34.9 Å². The van der Waals surface area contributed by atoms with Crippen LogP contribution in [0.1, 0.15) is 40.0 Å². The molecule has 0 atom stereocenters. The van der Waals surface area contributed by atoms with Crippen LogP contribution in [-0.2, 0) is 19.0 Å². The van der Waals surface area contributed by atoms with Crippen LogP contribution in [0.25, 0.3) is 0 Å². The van der Waals surface area contributed by atoms with Crippen LogP contribution in [0, 0.1) is 3.70 Å². The number of fused-ring (bicyclic) bond motifs is 1. The normalized spacial score (nSPS) is 14.7. The van der Waals surface area contributed by atoms with Crippen LogP contribution in [0.5, 0.6) is 0 Å². The maximum Gasteiger partial charge on any atom is 0.417 e. The minimum Gasteiger partial charge on any atom is -0.267 e. The Kier molecular flexibility index (Phi) is 4.43. The van der Waals surface area contributed by atoms with Gasteiger partial charge in [-0.25, -0.2) is 0 Å². The summed E-state index contributed by atoms with van der Waals surface area (Å²) in [6.45, 7) is 0. The van der Waals surface area contributed by atoms with E-state index in [0.29, 0.717) is 15.8 Å². The third kappa shape index (κ3) is 3.00. The molecule has 3 nitrogen and oxygen atoms in total. The van der Waals surface area contributed by atoms with Crippen molar-refractivity contribution in [1.82, 2.24) is 9.78 Å². The summed E-state index contributed by atoms with van der Waals surface area (Å²) in [5, 5.41) is 3.94. The van der Waals surface area contributed by atoms with E-state index >= 15 is 0 Å². The lowest BCUT2D eigenvalue weighted by Gasteiger charge is -2.16. The highest BCUT2D eigenvalue weighted by atomic mass is 127. The minimum absolute atomic E-state index is 0.222. The highest BCUT2D eigenvalue weighted by Crippen LogP contribution is 2.36. The van der Waals surface area contributed by atoms with E-state index in [9.17, 15) is 18.0 Å². The monoisotopic (exact) mass is 454 g/mol. The fourth-order valence-electron chi connectivity index (χ4n) is 2.81. The zero-order valence-electron chi connectivity index (χ0n) is 11.8. The van der Waals surface area contributed by atoms with Crippen molar-refractivity contribution < 1.29 is 18.0 Å². The standard InChI is InChI=1S/C15H11ClF3IN2O/c16-10-6-3-5-9(15(17,18)19)12(10)14(23)22-11-7-2-1-4-8(11)13(20)21-22/h3,5-6H,1-2,4,7H2. The second kappa shape index (κ2) is 6.08. The van der Waals surface area contributed by atoms with E-state index in [0.717, 1.165) is 35.6 Å². The largest absolute Gasteiger partial charge is 0.417 e. The van der Waals surface area contributed by atoms with Gasteiger partial charge in [0.15, 0.2) is 0 Å². The average molecular weight is 455 g/mol. The van der Waals surface area contributed by atoms with E-state index in [-0.39, 0.29) is 5.02 Å². The molecule has 3 rings (SSSR count). The lowest BCUT2D eigenvalue weighted by atomic mass is 9.98. The molecule has 0 fully saturated rings. The predicted molar refractivity (Wildman–Crippen MR) is 87.8 cm³/mol. The Labute approximate surface area is 149 Å². The van der Waals surface area contributed by atoms with Crippen LogP contribution < -0.4 is 0 Å². The highest BCUT2D eigenvalue weighted by Gasteiger charge is 2.37. The molecule has 0 radical (unpaired) electrons. The van der Waals surface area contributed by atoms with Gasteiger partial charge in [-0.2, -0.15) is 23.0 Å². The first kappa shape index (κ1) is 16.8. The zero-order valence-corrected chi connectivity index (χ0v) is 14.7. The SMILES string of the molecule is O=C(c1c(Cl)cccc1C(F)(F)F)n1nc(I)c2c1CCCC2. The van der Waals surface area contributed by atoms with Crippen molar-refractivity contribution in [2.24, 2.45) is 0 Å². The van der Waals surface area contributed by atoms with E-state index < -0.39 is 23.2 Å². The molecule has 1 aliphatic carbocycles. The van der Waals surface area contributed by atoms with Crippen molar-refractivity contribution in [3.63, 3.8) is 0 Å². The maximum atomic E-state index is 13.2. The highest BCUT2D eigenvalue weighted by molar-refractivity contribution is 14.1. The maximum absolute atomic E-state index is 13.2. The van der Waals surface area contributed by atoms with Crippen molar-refractivity contribution in [2.75, 3.05) is 0 Å². The molecule has 23 heavy (non-hydrogen) atoms. The van der Waals surface area contributed by atoms with Gasteiger partial charge >= 0.3 is 6.18 Å². The number of nitrogens with zero attached hydrogens (tertiary/aromatic N) is 2. The van der Waals surface area contributed by atoms with Crippen LogP contribution in [0.4, 0.5) is 13.2 Å². The summed E-state index contributed by atoms with van der Waals surface area (Å²) < 4.78 is 41.4. The van der Waals surface area contributed by atoms with Gasteiger partial charge in [0.2, 0.25) is 0 Å². The number of carbonyl (C=O) groups is 1. The van der Waals surface area contributed by atoms with Crippen LogP contribution in [-0.4, -0.2) is 15.7 Å². The van der Waals surface area contributed by atoms with Gasteiger partial charge in [0.05, 0.1) is 21.8 Å². The molecule has 0 unspecified atom stereocenters. The fraction of sp³-hybridized carbons (Fsp3) is 0.333. The van der Waals surface area contributed by atoms with E-state index in [1.54, 1.807) is 0 Å². The molecule has 122 valence electrons. The lowest BCUT2D eigenvalue weighted by Crippen LogP contribution is -2.22. The smallest absolute Gasteiger partial charge is 0.267 e. The summed E-state index contributed by atoms with van der Waals surface area (Å²) in [7, 11) is 0. The van der Waals surface area contributed by atoms with E-state index in [4.69, 9.17) is 11.6 Å². The average Bonchev–Trinajstić information content (AvgIpc) is 2.83. The fourth-order valence-corrected chi connectivity index (χ4v) is 3.86. The number of hydrogen-bond acceptors (Lipinski definition) is 2. The number of alkyl halides is 3. The Bertz CT molecular complexity index is 786. The van der Waals surface area contributed by atoms with Gasteiger partial charge in [-0.05, 0) is 60.4 Å². The van der Waals surface area contributed by atoms with Crippen molar-refractivity contribution in [1.29, 1.82) is 0 Å². The van der Waals surface area contributed by atoms with Crippen LogP contribution in [0.3, 0.4) is 0 Å². The van der Waals surface area contributed by atoms with Crippen LogP contribution in [0.2, 0.25) is 5.02 Å². The summed E-state index contributed by atoms with van der Waals surface area (Å²) in [5.41, 5.74) is 0.0588. The Morgan fingerprint density at radius 3 is 2.65 bits per heavy atom. The lowest BCUT2D eigenvalue weighted by molar-refractivity contribution is -0.137. The van der Waals surface area contributed by atoms with Gasteiger partial charge in [0.1, 0.15) is 3.70 Å². The first-order chi connectivity index (χ1) is 10.8. The summed E-state index contributed by atoms with van der Waals surface area (Å²) in [6, 6.07) is 3.33. The Morgan fingerprint density at radius 1 is 1.26 bits per heavy atom. The zero-order chi connectivity index (χ0) is 16.8. The molecule has 0 spiro atoms. The molecular weight excluding hydrogens is 444 g/mol. The van der Waals surface area contributed by atoms with Crippen LogP contribution >= 0.6 is 34.2 Å². The van der Waals surface area contributed by atoms with E-state index in [2.05, 4.69) is 5.10 Å². The predicted octanol–water partition coefficient (Wildman–Crippen LogP) is 4.73. The Morgan fingerprint density at radius 2 is 1.96 bits per heavy atom. The van der Waals surface area contributed by atoms with Gasteiger partial charge in [0.25, 0.3) is 5.91 Å². The number of rotatable bonds is 1. The summed E-state index contributed by atoms with van der Waals surface area (Å²) >= 11 is 7.92. The number of halogens is 5. The molecule has 0 saturated carbocycles. The molecule has 1 aromatic carbocycles. The van der Waals surface area contributed by atoms with Crippen molar-refractivity contribution in [2.45, 2.75) is 31.9 Å². The Balaban J connectivity index is 2.16. The first-order valence-corrected chi connectivity index (χ1v) is 8.43. The molecule has 2 aromatic rings. The second-order valence-electron chi connectivity index (χ2n) is 5.30.